The van der Waals surface area contributed by atoms with E-state index < -0.39 is 0 Å². The molecule has 2 heterocycles. The van der Waals surface area contributed by atoms with Gasteiger partial charge in [-0.15, -0.1) is 0 Å². The van der Waals surface area contributed by atoms with Crippen LogP contribution >= 0.6 is 11.6 Å². The highest BCUT2D eigenvalue weighted by molar-refractivity contribution is 6.28. The average molecular weight is 269 g/mol. The van der Waals surface area contributed by atoms with Crippen molar-refractivity contribution < 1.29 is 4.74 Å². The van der Waals surface area contributed by atoms with Crippen molar-refractivity contribution in [3.05, 3.63) is 5.28 Å². The van der Waals surface area contributed by atoms with Crippen molar-refractivity contribution in [2.24, 2.45) is 5.92 Å². The zero-order chi connectivity index (χ0) is 12.4. The Morgan fingerprint density at radius 2 is 1.89 bits per heavy atom. The summed E-state index contributed by atoms with van der Waals surface area (Å²) in [4.78, 5) is 14.7. The summed E-state index contributed by atoms with van der Waals surface area (Å²) in [6, 6.07) is 0.363. The minimum absolute atomic E-state index is 0.219. The van der Waals surface area contributed by atoms with Crippen molar-refractivity contribution in [3.63, 3.8) is 0 Å². The lowest BCUT2D eigenvalue weighted by molar-refractivity contribution is 0.275. The van der Waals surface area contributed by atoms with Gasteiger partial charge in [0.25, 0.3) is 0 Å². The number of halogens is 1. The molecule has 1 aliphatic heterocycles. The summed E-state index contributed by atoms with van der Waals surface area (Å²) in [5.41, 5.74) is 0. The van der Waals surface area contributed by atoms with Crippen molar-refractivity contribution in [2.75, 3.05) is 24.6 Å². The zero-order valence-corrected chi connectivity index (χ0v) is 11.1. The molecule has 6 heteroatoms. The molecule has 5 nitrogen and oxygen atoms in total. The van der Waals surface area contributed by atoms with Crippen LogP contribution in [0.2, 0.25) is 5.28 Å². The van der Waals surface area contributed by atoms with Gasteiger partial charge in [0.15, 0.2) is 0 Å². The normalized spacial score (nSPS) is 19.9. The number of hydrogen-bond acceptors (Lipinski definition) is 5. The van der Waals surface area contributed by atoms with Crippen LogP contribution in [0.3, 0.4) is 0 Å². The summed E-state index contributed by atoms with van der Waals surface area (Å²) < 4.78 is 5.57. The Labute approximate surface area is 112 Å². The molecule has 98 valence electrons. The Balaban J connectivity index is 1.71. The number of nitrogens with zero attached hydrogens (tertiary/aromatic N) is 4. The predicted octanol–water partition coefficient (Wildman–Crippen LogP) is 2.30. The van der Waals surface area contributed by atoms with Crippen LogP contribution in [0.4, 0.5) is 5.95 Å². The number of hydrogen-bond donors (Lipinski definition) is 0. The quantitative estimate of drug-likeness (QED) is 0.839. The van der Waals surface area contributed by atoms with Gasteiger partial charge in [-0.25, -0.2) is 0 Å². The van der Waals surface area contributed by atoms with Crippen molar-refractivity contribution in [2.45, 2.75) is 32.1 Å². The lowest BCUT2D eigenvalue weighted by Crippen LogP contribution is -2.31. The molecule has 1 saturated carbocycles. The summed E-state index contributed by atoms with van der Waals surface area (Å²) >= 11 is 5.93. The van der Waals surface area contributed by atoms with Crippen LogP contribution < -0.4 is 9.64 Å². The summed E-state index contributed by atoms with van der Waals surface area (Å²) in [7, 11) is 0. The first kappa shape index (κ1) is 12.0. The first-order valence-electron chi connectivity index (χ1n) is 6.60. The Kier molecular flexibility index (Phi) is 3.50. The number of piperidine rings is 1. The van der Waals surface area contributed by atoms with Crippen LogP contribution in [0, 0.1) is 5.92 Å². The third kappa shape index (κ3) is 3.02. The maximum absolute atomic E-state index is 5.93. The Morgan fingerprint density at radius 1 is 1.11 bits per heavy atom. The SMILES string of the molecule is Clc1nc(OCC2CC2)nc(N2CCCCC2)n1. The van der Waals surface area contributed by atoms with Gasteiger partial charge in [-0.2, -0.15) is 15.0 Å². The number of aromatic nitrogens is 3. The third-order valence-corrected chi connectivity index (χ3v) is 3.53. The van der Waals surface area contributed by atoms with E-state index in [1.165, 1.54) is 32.1 Å². The van der Waals surface area contributed by atoms with E-state index in [9.17, 15) is 0 Å². The first-order chi connectivity index (χ1) is 8.81. The molecule has 0 bridgehead atoms. The second kappa shape index (κ2) is 5.26. The molecule has 1 aromatic rings. The molecule has 0 atom stereocenters. The molecular formula is C12H17ClN4O. The molecule has 0 N–H and O–H groups in total. The van der Waals surface area contributed by atoms with Crippen LogP contribution in [0.1, 0.15) is 32.1 Å². The van der Waals surface area contributed by atoms with Gasteiger partial charge in [0.2, 0.25) is 11.2 Å². The Hall–Kier alpha value is -1.10. The van der Waals surface area contributed by atoms with Gasteiger partial charge in [0.1, 0.15) is 0 Å². The minimum atomic E-state index is 0.219. The molecule has 1 aromatic heterocycles. The second-order valence-electron chi connectivity index (χ2n) is 4.99. The van der Waals surface area contributed by atoms with E-state index in [2.05, 4.69) is 19.9 Å². The first-order valence-corrected chi connectivity index (χ1v) is 6.98. The molecule has 0 radical (unpaired) electrons. The van der Waals surface area contributed by atoms with Crippen LogP contribution in [0.25, 0.3) is 0 Å². The van der Waals surface area contributed by atoms with Crippen molar-refractivity contribution in [1.29, 1.82) is 0 Å². The zero-order valence-electron chi connectivity index (χ0n) is 10.3. The predicted molar refractivity (Wildman–Crippen MR) is 69.1 cm³/mol. The number of anilines is 1. The van der Waals surface area contributed by atoms with E-state index in [0.29, 0.717) is 24.5 Å². The van der Waals surface area contributed by atoms with Gasteiger partial charge < -0.3 is 9.64 Å². The van der Waals surface area contributed by atoms with Crippen molar-refractivity contribution >= 4 is 17.5 Å². The van der Waals surface area contributed by atoms with Gasteiger partial charge in [0.05, 0.1) is 6.61 Å². The summed E-state index contributed by atoms with van der Waals surface area (Å²) in [6.07, 6.45) is 6.14. The van der Waals surface area contributed by atoms with E-state index in [4.69, 9.17) is 16.3 Å². The standard InChI is InChI=1S/C12H17ClN4O/c13-10-14-11(17-6-2-1-3-7-17)16-12(15-10)18-8-9-4-5-9/h9H,1-8H2. The summed E-state index contributed by atoms with van der Waals surface area (Å²) in [5, 5.41) is 0.219. The number of rotatable bonds is 4. The summed E-state index contributed by atoms with van der Waals surface area (Å²) in [6.45, 7) is 2.67. The second-order valence-corrected chi connectivity index (χ2v) is 5.33. The maximum Gasteiger partial charge on any atom is 0.322 e. The Bertz CT molecular complexity index is 419. The average Bonchev–Trinajstić information content (AvgIpc) is 3.21. The third-order valence-electron chi connectivity index (χ3n) is 3.36. The topological polar surface area (TPSA) is 51.1 Å². The fourth-order valence-corrected chi connectivity index (χ4v) is 2.25. The van der Waals surface area contributed by atoms with Crippen LogP contribution in [0.15, 0.2) is 0 Å². The molecule has 0 spiro atoms. The molecule has 18 heavy (non-hydrogen) atoms. The lowest BCUT2D eigenvalue weighted by atomic mass is 10.1. The molecule has 1 aliphatic carbocycles. The molecule has 0 aromatic carbocycles. The highest BCUT2D eigenvalue weighted by Gasteiger charge is 2.23. The van der Waals surface area contributed by atoms with Gasteiger partial charge in [-0.1, -0.05) is 0 Å². The van der Waals surface area contributed by atoms with E-state index in [-0.39, 0.29) is 5.28 Å². The highest BCUT2D eigenvalue weighted by Crippen LogP contribution is 2.29. The smallest absolute Gasteiger partial charge is 0.322 e. The number of ether oxygens (including phenoxy) is 1. The van der Waals surface area contributed by atoms with Crippen LogP contribution in [-0.4, -0.2) is 34.6 Å². The molecule has 3 rings (SSSR count). The fraction of sp³-hybridized carbons (Fsp3) is 0.750. The van der Waals surface area contributed by atoms with E-state index >= 15 is 0 Å². The molecule has 0 unspecified atom stereocenters. The maximum atomic E-state index is 5.93. The minimum Gasteiger partial charge on any atom is -0.463 e. The lowest BCUT2D eigenvalue weighted by Gasteiger charge is -2.26. The Morgan fingerprint density at radius 3 is 2.61 bits per heavy atom. The van der Waals surface area contributed by atoms with E-state index in [1.54, 1.807) is 0 Å². The largest absolute Gasteiger partial charge is 0.463 e. The van der Waals surface area contributed by atoms with E-state index in [1.807, 2.05) is 0 Å². The van der Waals surface area contributed by atoms with Crippen molar-refractivity contribution in [3.8, 4) is 6.01 Å². The fourth-order valence-electron chi connectivity index (χ4n) is 2.10. The molecule has 2 aliphatic rings. The van der Waals surface area contributed by atoms with Gasteiger partial charge >= 0.3 is 6.01 Å². The molecule has 2 fully saturated rings. The van der Waals surface area contributed by atoms with Gasteiger partial charge in [-0.3, -0.25) is 0 Å². The van der Waals surface area contributed by atoms with Gasteiger partial charge in [0, 0.05) is 13.1 Å². The monoisotopic (exact) mass is 268 g/mol. The van der Waals surface area contributed by atoms with E-state index in [0.717, 1.165) is 13.1 Å². The molecule has 1 saturated heterocycles. The van der Waals surface area contributed by atoms with Crippen LogP contribution in [-0.2, 0) is 0 Å². The summed E-state index contributed by atoms with van der Waals surface area (Å²) in [5.74, 6) is 1.33. The highest BCUT2D eigenvalue weighted by atomic mass is 35.5. The van der Waals surface area contributed by atoms with Gasteiger partial charge in [-0.05, 0) is 49.6 Å². The molecular weight excluding hydrogens is 252 g/mol. The molecule has 0 amide bonds. The van der Waals surface area contributed by atoms with Crippen molar-refractivity contribution in [1.82, 2.24) is 15.0 Å². The van der Waals surface area contributed by atoms with Crippen LogP contribution in [0.5, 0.6) is 6.01 Å².